The molecule has 1 aromatic carbocycles. The van der Waals surface area contributed by atoms with Crippen LogP contribution in [0.1, 0.15) is 30.1 Å². The average molecular weight is 360 g/mol. The number of carbonyl (C=O) groups is 1. The van der Waals surface area contributed by atoms with Crippen molar-refractivity contribution in [3.8, 4) is 0 Å². The summed E-state index contributed by atoms with van der Waals surface area (Å²) in [6.07, 6.45) is 2.39. The minimum absolute atomic E-state index is 0.0709. The molecule has 1 saturated heterocycles. The Labute approximate surface area is 133 Å². The van der Waals surface area contributed by atoms with E-state index in [-0.39, 0.29) is 5.91 Å². The third kappa shape index (κ3) is 3.96. The van der Waals surface area contributed by atoms with Gasteiger partial charge in [-0.1, -0.05) is 11.6 Å². The van der Waals surface area contributed by atoms with Crippen molar-refractivity contribution in [2.75, 3.05) is 26.2 Å². The molecule has 1 N–H and O–H groups in total. The maximum atomic E-state index is 12.6. The van der Waals surface area contributed by atoms with Gasteiger partial charge >= 0.3 is 0 Å². The predicted octanol–water partition coefficient (Wildman–Crippen LogP) is 3.56. The van der Waals surface area contributed by atoms with Crippen LogP contribution in [0, 0.1) is 5.92 Å². The van der Waals surface area contributed by atoms with Crippen LogP contribution in [0.15, 0.2) is 22.7 Å². The van der Waals surface area contributed by atoms with E-state index in [4.69, 9.17) is 11.6 Å². The van der Waals surface area contributed by atoms with Gasteiger partial charge in [0.25, 0.3) is 5.91 Å². The minimum Gasteiger partial charge on any atom is -0.339 e. The van der Waals surface area contributed by atoms with Crippen LogP contribution in [-0.2, 0) is 0 Å². The second-order valence-corrected chi connectivity index (χ2v) is 6.47. The highest BCUT2D eigenvalue weighted by atomic mass is 79.9. The monoisotopic (exact) mass is 358 g/mol. The molecule has 1 atom stereocenters. The number of benzene rings is 1. The number of nitrogens with zero attached hydrogens (tertiary/aromatic N) is 1. The van der Waals surface area contributed by atoms with Crippen molar-refractivity contribution in [3.63, 3.8) is 0 Å². The third-order valence-electron chi connectivity index (χ3n) is 3.71. The van der Waals surface area contributed by atoms with Gasteiger partial charge in [0.2, 0.25) is 0 Å². The first kappa shape index (κ1) is 15.8. The number of carbonyl (C=O) groups excluding carboxylic acids is 1. The highest BCUT2D eigenvalue weighted by Gasteiger charge is 2.22. The van der Waals surface area contributed by atoms with Crippen molar-refractivity contribution in [2.24, 2.45) is 5.92 Å². The van der Waals surface area contributed by atoms with E-state index in [0.29, 0.717) is 16.5 Å². The van der Waals surface area contributed by atoms with Gasteiger partial charge in [0.15, 0.2) is 0 Å². The molecular formula is C15H20BrClN2O. The lowest BCUT2D eigenvalue weighted by atomic mass is 9.99. The molecule has 0 spiro atoms. The SMILES string of the molecule is CCN(CC1CCCNC1)C(=O)c1ccc(Cl)cc1Br. The summed E-state index contributed by atoms with van der Waals surface area (Å²) in [6.45, 7) is 5.67. The molecular weight excluding hydrogens is 340 g/mol. The standard InChI is InChI=1S/C15H20BrClN2O/c1-2-19(10-11-4-3-7-18-9-11)15(20)13-6-5-12(17)8-14(13)16/h5-6,8,11,18H,2-4,7,9-10H2,1H3. The predicted molar refractivity (Wildman–Crippen MR) is 86.3 cm³/mol. The summed E-state index contributed by atoms with van der Waals surface area (Å²) in [5.74, 6) is 0.625. The molecule has 1 fully saturated rings. The summed E-state index contributed by atoms with van der Waals surface area (Å²) in [5.41, 5.74) is 0.681. The summed E-state index contributed by atoms with van der Waals surface area (Å²) >= 11 is 9.35. The lowest BCUT2D eigenvalue weighted by Crippen LogP contribution is -2.41. The van der Waals surface area contributed by atoms with Gasteiger partial charge in [-0.25, -0.2) is 0 Å². The molecule has 5 heteroatoms. The Morgan fingerprint density at radius 3 is 2.95 bits per heavy atom. The fourth-order valence-corrected chi connectivity index (χ4v) is 3.43. The Morgan fingerprint density at radius 2 is 2.35 bits per heavy atom. The molecule has 1 heterocycles. The number of hydrogen-bond donors (Lipinski definition) is 1. The summed E-state index contributed by atoms with van der Waals surface area (Å²) < 4.78 is 0.759. The molecule has 0 radical (unpaired) electrons. The number of nitrogens with one attached hydrogen (secondary N) is 1. The molecule has 20 heavy (non-hydrogen) atoms. The van der Waals surface area contributed by atoms with Crippen molar-refractivity contribution in [1.29, 1.82) is 0 Å². The van der Waals surface area contributed by atoms with Gasteiger partial charge in [0, 0.05) is 22.6 Å². The molecule has 1 aliphatic rings. The van der Waals surface area contributed by atoms with Gasteiger partial charge in [0.1, 0.15) is 0 Å². The van der Waals surface area contributed by atoms with E-state index >= 15 is 0 Å². The zero-order chi connectivity index (χ0) is 14.5. The molecule has 0 aliphatic carbocycles. The third-order valence-corrected chi connectivity index (χ3v) is 4.60. The molecule has 0 saturated carbocycles. The zero-order valence-corrected chi connectivity index (χ0v) is 14.0. The first-order valence-electron chi connectivity index (χ1n) is 7.07. The average Bonchev–Trinajstić information content (AvgIpc) is 2.45. The number of hydrogen-bond acceptors (Lipinski definition) is 2. The molecule has 0 aromatic heterocycles. The highest BCUT2D eigenvalue weighted by Crippen LogP contribution is 2.23. The Morgan fingerprint density at radius 1 is 1.55 bits per heavy atom. The number of amides is 1. The van der Waals surface area contributed by atoms with Crippen LogP contribution >= 0.6 is 27.5 Å². The lowest BCUT2D eigenvalue weighted by Gasteiger charge is -2.29. The number of halogens is 2. The molecule has 110 valence electrons. The fraction of sp³-hybridized carbons (Fsp3) is 0.533. The Kier molecular flexibility index (Phi) is 5.87. The molecule has 1 aliphatic heterocycles. The van der Waals surface area contributed by atoms with E-state index in [0.717, 1.165) is 30.7 Å². The van der Waals surface area contributed by atoms with Crippen molar-refractivity contribution >= 4 is 33.4 Å². The summed E-state index contributed by atoms with van der Waals surface area (Å²) in [6, 6.07) is 5.32. The van der Waals surface area contributed by atoms with E-state index in [1.54, 1.807) is 18.2 Å². The smallest absolute Gasteiger partial charge is 0.254 e. The first-order chi connectivity index (χ1) is 9.61. The van der Waals surface area contributed by atoms with Gasteiger partial charge < -0.3 is 10.2 Å². The van der Waals surface area contributed by atoms with E-state index in [2.05, 4.69) is 21.2 Å². The van der Waals surface area contributed by atoms with Crippen LogP contribution in [-0.4, -0.2) is 37.0 Å². The van der Waals surface area contributed by atoms with Gasteiger partial charge in [-0.15, -0.1) is 0 Å². The molecule has 1 amide bonds. The van der Waals surface area contributed by atoms with Crippen LogP contribution in [0.4, 0.5) is 0 Å². The van der Waals surface area contributed by atoms with Gasteiger partial charge in [0.05, 0.1) is 5.56 Å². The summed E-state index contributed by atoms with van der Waals surface area (Å²) in [5, 5.41) is 4.03. The number of piperidine rings is 1. The normalized spacial score (nSPS) is 18.9. The van der Waals surface area contributed by atoms with E-state index in [1.807, 2.05) is 11.8 Å². The Balaban J connectivity index is 2.07. The van der Waals surface area contributed by atoms with Gasteiger partial charge in [-0.3, -0.25) is 4.79 Å². The first-order valence-corrected chi connectivity index (χ1v) is 8.24. The zero-order valence-electron chi connectivity index (χ0n) is 11.7. The van der Waals surface area contributed by atoms with Crippen LogP contribution in [0.2, 0.25) is 5.02 Å². The summed E-state index contributed by atoms with van der Waals surface area (Å²) in [7, 11) is 0. The Bertz CT molecular complexity index is 475. The van der Waals surface area contributed by atoms with E-state index in [9.17, 15) is 4.79 Å². The minimum atomic E-state index is 0.0709. The van der Waals surface area contributed by atoms with Crippen LogP contribution in [0.25, 0.3) is 0 Å². The van der Waals surface area contributed by atoms with Crippen molar-refractivity contribution in [1.82, 2.24) is 10.2 Å². The fourth-order valence-electron chi connectivity index (χ4n) is 2.58. The maximum absolute atomic E-state index is 12.6. The van der Waals surface area contributed by atoms with Gasteiger partial charge in [-0.05, 0) is 72.9 Å². The largest absolute Gasteiger partial charge is 0.339 e. The second-order valence-electron chi connectivity index (χ2n) is 5.18. The van der Waals surface area contributed by atoms with Crippen LogP contribution in [0.3, 0.4) is 0 Å². The maximum Gasteiger partial charge on any atom is 0.254 e. The van der Waals surface area contributed by atoms with Crippen LogP contribution in [0.5, 0.6) is 0 Å². The second kappa shape index (κ2) is 7.43. The quantitative estimate of drug-likeness (QED) is 0.891. The molecule has 2 rings (SSSR count). The lowest BCUT2D eigenvalue weighted by molar-refractivity contribution is 0.0728. The molecule has 1 unspecified atom stereocenters. The summed E-state index contributed by atoms with van der Waals surface area (Å²) in [4.78, 5) is 14.5. The van der Waals surface area contributed by atoms with Crippen molar-refractivity contribution in [3.05, 3.63) is 33.3 Å². The van der Waals surface area contributed by atoms with Crippen molar-refractivity contribution < 1.29 is 4.79 Å². The molecule has 3 nitrogen and oxygen atoms in total. The van der Waals surface area contributed by atoms with Crippen LogP contribution < -0.4 is 5.32 Å². The topological polar surface area (TPSA) is 32.3 Å². The number of rotatable bonds is 4. The molecule has 1 aromatic rings. The van der Waals surface area contributed by atoms with Crippen molar-refractivity contribution in [2.45, 2.75) is 19.8 Å². The van der Waals surface area contributed by atoms with Gasteiger partial charge in [-0.2, -0.15) is 0 Å². The van der Waals surface area contributed by atoms with E-state index < -0.39 is 0 Å². The van der Waals surface area contributed by atoms with E-state index in [1.165, 1.54) is 12.8 Å². The Hall–Kier alpha value is -0.580. The highest BCUT2D eigenvalue weighted by molar-refractivity contribution is 9.10. The molecule has 0 bridgehead atoms.